The number of amides is 1. The van der Waals surface area contributed by atoms with Crippen LogP contribution in [0.3, 0.4) is 0 Å². The minimum Gasteiger partial charge on any atom is -0.401 e. The molecule has 0 fully saturated rings. The zero-order chi connectivity index (χ0) is 23.0. The Bertz CT molecular complexity index is 1220. The van der Waals surface area contributed by atoms with Crippen molar-refractivity contribution in [1.82, 2.24) is 20.2 Å². The second kappa shape index (κ2) is 8.16. The number of nitrogens with one attached hydrogen (secondary N) is 1. The van der Waals surface area contributed by atoms with E-state index in [-0.39, 0.29) is 19.7 Å². The molecule has 1 amide bonds. The number of carbonyl (C=O) groups is 1. The Morgan fingerprint density at radius 1 is 1.19 bits per heavy atom. The van der Waals surface area contributed by atoms with Gasteiger partial charge in [0.15, 0.2) is 9.84 Å². The Hall–Kier alpha value is -3.18. The van der Waals surface area contributed by atoms with Crippen molar-refractivity contribution in [2.45, 2.75) is 50.3 Å². The highest BCUT2D eigenvalue weighted by molar-refractivity contribution is 7.92. The van der Waals surface area contributed by atoms with Crippen molar-refractivity contribution < 1.29 is 20.5 Å². The predicted molar refractivity (Wildman–Crippen MR) is 119 cm³/mol. The van der Waals surface area contributed by atoms with Crippen LogP contribution in [0.25, 0.3) is 22.8 Å². The van der Waals surface area contributed by atoms with Crippen LogP contribution in [-0.2, 0) is 14.6 Å². The molecule has 3 rings (SSSR count). The molecule has 1 aromatic carbocycles. The van der Waals surface area contributed by atoms with Crippen molar-refractivity contribution in [3.05, 3.63) is 36.2 Å². The maximum atomic E-state index is 12.3. The molecule has 0 radical (unpaired) electrons. The minimum atomic E-state index is -3.36. The van der Waals surface area contributed by atoms with Crippen LogP contribution in [0.2, 0.25) is 0 Å². The molecule has 168 valence electrons. The van der Waals surface area contributed by atoms with Gasteiger partial charge in [-0.2, -0.15) is 0 Å². The Balaban J connectivity index is 0.00000272. The Morgan fingerprint density at radius 2 is 1.84 bits per heavy atom. The summed E-state index contributed by atoms with van der Waals surface area (Å²) in [6, 6.07) is 6.32. The molecule has 2 aromatic heterocycles. The van der Waals surface area contributed by atoms with Crippen LogP contribution in [0.1, 0.15) is 36.2 Å². The Kier molecular flexibility index (Phi) is 5.92. The van der Waals surface area contributed by atoms with Gasteiger partial charge in [-0.1, -0.05) is 17.2 Å². The van der Waals surface area contributed by atoms with Crippen molar-refractivity contribution in [3.8, 4) is 22.8 Å². The molecule has 0 aliphatic carbocycles. The van der Waals surface area contributed by atoms with E-state index in [1.165, 1.54) is 0 Å². The molecule has 0 bridgehead atoms. The molecule has 2 heterocycles. The van der Waals surface area contributed by atoms with Gasteiger partial charge < -0.3 is 10.2 Å². The number of nitrogens with two attached hydrogens (primary N) is 1. The fourth-order valence-electron chi connectivity index (χ4n) is 2.51. The summed E-state index contributed by atoms with van der Waals surface area (Å²) in [6.45, 7) is 8.11. The summed E-state index contributed by atoms with van der Waals surface area (Å²) < 4.78 is 30.1. The number of hydrogen-bond acceptors (Lipinski definition) is 9. The molecule has 0 aliphatic heterocycles. The molecule has 0 aliphatic rings. The van der Waals surface area contributed by atoms with Crippen molar-refractivity contribution in [1.29, 1.82) is 0 Å². The first-order valence-corrected chi connectivity index (χ1v) is 11.1. The SMILES string of the molecule is Cc1ncc(-c2ccc(S(=O)(=O)C(C)C)cc2)nc1-c1nnc(NC(=O)C(C)(C)N)o1.[HH].[HH]. The summed E-state index contributed by atoms with van der Waals surface area (Å²) in [5.74, 6) is -0.397. The topological polar surface area (TPSA) is 154 Å². The molecule has 0 spiro atoms. The first-order chi connectivity index (χ1) is 14.4. The molecule has 3 N–H and O–H groups in total. The van der Waals surface area contributed by atoms with Gasteiger partial charge in [0.05, 0.1) is 33.3 Å². The highest BCUT2D eigenvalue weighted by Crippen LogP contribution is 2.26. The molecule has 0 saturated carbocycles. The average Bonchev–Trinajstić information content (AvgIpc) is 3.16. The van der Waals surface area contributed by atoms with Crippen LogP contribution in [-0.4, -0.2) is 45.3 Å². The third-order valence-corrected chi connectivity index (χ3v) is 6.66. The van der Waals surface area contributed by atoms with E-state index in [1.807, 2.05) is 0 Å². The molecular weight excluding hydrogens is 420 g/mol. The van der Waals surface area contributed by atoms with E-state index in [1.54, 1.807) is 65.1 Å². The summed E-state index contributed by atoms with van der Waals surface area (Å²) >= 11 is 0. The first kappa shape index (κ1) is 22.5. The number of aromatic nitrogens is 4. The van der Waals surface area contributed by atoms with Crippen molar-refractivity contribution in [2.75, 3.05) is 5.32 Å². The number of sulfone groups is 1. The molecule has 3 aromatic rings. The van der Waals surface area contributed by atoms with E-state index in [9.17, 15) is 13.2 Å². The zero-order valence-electron chi connectivity index (χ0n) is 17.9. The number of carbonyl (C=O) groups excluding carboxylic acids is 1. The summed E-state index contributed by atoms with van der Waals surface area (Å²) in [4.78, 5) is 21.1. The predicted octanol–water partition coefficient (Wildman–Crippen LogP) is 2.85. The monoisotopic (exact) mass is 448 g/mol. The normalized spacial score (nSPS) is 12.2. The second-order valence-electron chi connectivity index (χ2n) is 7.90. The standard InChI is InChI=1S/C20H24N6O4S.2H2/c1-11(2)31(28,29)14-8-6-13(7-9-14)15-10-22-12(3)16(23-15)17-25-26-19(30-17)24-18(27)20(4,5)21;;/h6-11H,21H2,1-5H3,(H,24,26,27);2*1H. The second-order valence-corrected chi connectivity index (χ2v) is 10.4. The summed E-state index contributed by atoms with van der Waals surface area (Å²) in [5.41, 5.74) is 6.70. The van der Waals surface area contributed by atoms with Gasteiger partial charge in [-0.05, 0) is 46.8 Å². The van der Waals surface area contributed by atoms with Gasteiger partial charge >= 0.3 is 6.01 Å². The van der Waals surface area contributed by atoms with Crippen molar-refractivity contribution in [3.63, 3.8) is 0 Å². The maximum Gasteiger partial charge on any atom is 0.322 e. The number of benzene rings is 1. The summed E-state index contributed by atoms with van der Waals surface area (Å²) in [5, 5.41) is 9.68. The van der Waals surface area contributed by atoms with Gasteiger partial charge in [-0.15, -0.1) is 5.10 Å². The average molecular weight is 449 g/mol. The zero-order valence-corrected chi connectivity index (χ0v) is 18.7. The maximum absolute atomic E-state index is 12.3. The summed E-state index contributed by atoms with van der Waals surface area (Å²) in [6.07, 6.45) is 1.57. The molecule has 11 heteroatoms. The van der Waals surface area contributed by atoms with Crippen LogP contribution in [0.5, 0.6) is 0 Å². The first-order valence-electron chi connectivity index (χ1n) is 9.52. The Morgan fingerprint density at radius 3 is 2.42 bits per heavy atom. The van der Waals surface area contributed by atoms with E-state index in [4.69, 9.17) is 10.2 Å². The van der Waals surface area contributed by atoms with Crippen LogP contribution in [0.4, 0.5) is 6.01 Å². The molecule has 10 nitrogen and oxygen atoms in total. The van der Waals surface area contributed by atoms with Crippen LogP contribution < -0.4 is 11.1 Å². The van der Waals surface area contributed by atoms with Gasteiger partial charge in [0, 0.05) is 8.42 Å². The largest absolute Gasteiger partial charge is 0.401 e. The lowest BCUT2D eigenvalue weighted by molar-refractivity contribution is -0.120. The van der Waals surface area contributed by atoms with Crippen molar-refractivity contribution >= 4 is 21.8 Å². The van der Waals surface area contributed by atoms with E-state index < -0.39 is 26.5 Å². The number of nitrogens with zero attached hydrogens (tertiary/aromatic N) is 4. The number of hydrogen-bond donors (Lipinski definition) is 2. The lowest BCUT2D eigenvalue weighted by atomic mass is 10.1. The fourth-order valence-corrected chi connectivity index (χ4v) is 3.57. The lowest BCUT2D eigenvalue weighted by Crippen LogP contribution is -2.45. The van der Waals surface area contributed by atoms with Gasteiger partial charge in [0.2, 0.25) is 5.91 Å². The molecule has 0 atom stereocenters. The lowest BCUT2D eigenvalue weighted by Gasteiger charge is -2.15. The fraction of sp³-hybridized carbons (Fsp3) is 0.350. The molecular formula is C20H28N6O4S. The van der Waals surface area contributed by atoms with Gasteiger partial charge in [0.1, 0.15) is 5.69 Å². The van der Waals surface area contributed by atoms with Gasteiger partial charge in [-0.3, -0.25) is 15.1 Å². The highest BCUT2D eigenvalue weighted by atomic mass is 32.2. The third kappa shape index (κ3) is 4.78. The third-order valence-electron chi connectivity index (χ3n) is 4.49. The van der Waals surface area contributed by atoms with E-state index >= 15 is 0 Å². The van der Waals surface area contributed by atoms with E-state index in [0.717, 1.165) is 0 Å². The highest BCUT2D eigenvalue weighted by Gasteiger charge is 2.24. The number of anilines is 1. The Labute approximate surface area is 183 Å². The van der Waals surface area contributed by atoms with Crippen LogP contribution >= 0.6 is 0 Å². The quantitative estimate of drug-likeness (QED) is 0.579. The number of rotatable bonds is 6. The van der Waals surface area contributed by atoms with Crippen LogP contribution in [0, 0.1) is 6.92 Å². The minimum absolute atomic E-state index is 0. The van der Waals surface area contributed by atoms with Gasteiger partial charge in [0.25, 0.3) is 5.89 Å². The van der Waals surface area contributed by atoms with E-state index in [2.05, 4.69) is 25.5 Å². The van der Waals surface area contributed by atoms with Crippen molar-refractivity contribution in [2.24, 2.45) is 5.73 Å². The molecule has 0 saturated heterocycles. The van der Waals surface area contributed by atoms with Gasteiger partial charge in [-0.25, -0.2) is 13.4 Å². The smallest absolute Gasteiger partial charge is 0.322 e. The summed E-state index contributed by atoms with van der Waals surface area (Å²) in [7, 11) is -3.36. The number of aryl methyl sites for hydroxylation is 1. The molecule has 0 unspecified atom stereocenters. The van der Waals surface area contributed by atoms with E-state index in [0.29, 0.717) is 22.6 Å². The molecule has 31 heavy (non-hydrogen) atoms. The van der Waals surface area contributed by atoms with Crippen LogP contribution in [0.15, 0.2) is 39.8 Å².